The SMILES string of the molecule is C1C2C3C4CC5C3C1C1C2C4C51. The Morgan fingerprint density at radius 3 is 1.08 bits per heavy atom. The van der Waals surface area contributed by atoms with Crippen LogP contribution >= 0.6 is 0 Å². The highest BCUT2D eigenvalue weighted by atomic mass is 14.9. The molecule has 0 aromatic rings. The predicted molar refractivity (Wildman–Crippen MR) is 44.1 cm³/mol. The molecule has 0 aliphatic heterocycles. The van der Waals surface area contributed by atoms with Gasteiger partial charge in [0.15, 0.2) is 0 Å². The van der Waals surface area contributed by atoms with Crippen molar-refractivity contribution in [3.05, 3.63) is 0 Å². The molecule has 0 radical (unpaired) electrons. The number of rotatable bonds is 0. The second kappa shape index (κ2) is 1.07. The monoisotopic (exact) mass is 158 g/mol. The molecule has 0 saturated heterocycles. The highest BCUT2D eigenvalue weighted by Gasteiger charge is 2.86. The number of hydrogen-bond acceptors (Lipinski definition) is 0. The molecular formula is C12H14. The average molecular weight is 158 g/mol. The standard InChI is InChI=1S/C12H14/c1-3-7-5-2-6-8(7)4(1)10-9(3)11(5)12(6)10/h3-12H,1-2H2. The maximum Gasteiger partial charge on any atom is -0.0315 e. The maximum atomic E-state index is 1.70. The van der Waals surface area contributed by atoms with Gasteiger partial charge in [-0.2, -0.15) is 0 Å². The van der Waals surface area contributed by atoms with Gasteiger partial charge < -0.3 is 0 Å². The molecule has 7 rings (SSSR count). The van der Waals surface area contributed by atoms with Gasteiger partial charge in [-0.1, -0.05) is 0 Å². The molecule has 0 heterocycles. The zero-order valence-electron chi connectivity index (χ0n) is 7.19. The van der Waals surface area contributed by atoms with Crippen LogP contribution in [0.3, 0.4) is 0 Å². The minimum Gasteiger partial charge on any atom is -0.0464 e. The molecule has 7 aliphatic rings. The summed E-state index contributed by atoms with van der Waals surface area (Å²) in [6.07, 6.45) is 3.40. The minimum atomic E-state index is 1.28. The van der Waals surface area contributed by atoms with Crippen LogP contribution in [0.4, 0.5) is 0 Å². The molecular weight excluding hydrogens is 144 g/mol. The van der Waals surface area contributed by atoms with Crippen LogP contribution in [0.5, 0.6) is 0 Å². The predicted octanol–water partition coefficient (Wildman–Crippen LogP) is 2.01. The fourth-order valence-electron chi connectivity index (χ4n) is 7.85. The second-order valence-electron chi connectivity index (χ2n) is 6.59. The Kier molecular flexibility index (Phi) is 0.450. The van der Waals surface area contributed by atoms with Crippen LogP contribution in [-0.4, -0.2) is 0 Å². The average Bonchev–Trinajstić information content (AvgIpc) is 2.51. The molecule has 4 bridgehead atoms. The van der Waals surface area contributed by atoms with Gasteiger partial charge in [0.2, 0.25) is 0 Å². The molecule has 0 aromatic heterocycles. The van der Waals surface area contributed by atoms with E-state index in [2.05, 4.69) is 0 Å². The molecule has 0 nitrogen and oxygen atoms in total. The largest absolute Gasteiger partial charge is 0.0464 e. The van der Waals surface area contributed by atoms with E-state index in [4.69, 9.17) is 0 Å². The summed E-state index contributed by atoms with van der Waals surface area (Å²) in [5.41, 5.74) is 0. The van der Waals surface area contributed by atoms with Crippen LogP contribution < -0.4 is 0 Å². The molecule has 62 valence electrons. The van der Waals surface area contributed by atoms with Gasteiger partial charge in [-0.05, 0) is 72.0 Å². The third-order valence-corrected chi connectivity index (χ3v) is 7.27. The van der Waals surface area contributed by atoms with E-state index >= 15 is 0 Å². The molecule has 12 heavy (non-hydrogen) atoms. The van der Waals surface area contributed by atoms with Crippen LogP contribution in [0.2, 0.25) is 0 Å². The van der Waals surface area contributed by atoms with Gasteiger partial charge in [-0.3, -0.25) is 0 Å². The molecule has 0 amide bonds. The summed E-state index contributed by atoms with van der Waals surface area (Å²) in [6, 6.07) is 0. The van der Waals surface area contributed by atoms with Gasteiger partial charge >= 0.3 is 0 Å². The van der Waals surface area contributed by atoms with Crippen molar-refractivity contribution in [3.8, 4) is 0 Å². The molecule has 0 aromatic carbocycles. The first kappa shape index (κ1) is 5.02. The maximum absolute atomic E-state index is 1.70. The van der Waals surface area contributed by atoms with Gasteiger partial charge in [0.1, 0.15) is 0 Å². The fraction of sp³-hybridized carbons (Fsp3) is 1.00. The zero-order chi connectivity index (χ0) is 7.19. The fourth-order valence-corrected chi connectivity index (χ4v) is 7.85. The Labute approximate surface area is 72.7 Å². The van der Waals surface area contributed by atoms with Crippen LogP contribution in [0, 0.1) is 59.2 Å². The van der Waals surface area contributed by atoms with E-state index in [9.17, 15) is 0 Å². The van der Waals surface area contributed by atoms with Crippen molar-refractivity contribution in [2.24, 2.45) is 59.2 Å². The lowest BCUT2D eigenvalue weighted by atomic mass is 9.60. The Hall–Kier alpha value is 0. The molecule has 7 aliphatic carbocycles. The summed E-state index contributed by atoms with van der Waals surface area (Å²) in [5, 5.41) is 0. The summed E-state index contributed by atoms with van der Waals surface area (Å²) >= 11 is 0. The molecule has 7 fully saturated rings. The van der Waals surface area contributed by atoms with Crippen molar-refractivity contribution in [2.45, 2.75) is 12.8 Å². The Morgan fingerprint density at radius 1 is 0.417 bits per heavy atom. The van der Waals surface area contributed by atoms with Crippen LogP contribution in [0.15, 0.2) is 0 Å². The first-order chi connectivity index (χ1) is 5.97. The van der Waals surface area contributed by atoms with Crippen LogP contribution in [-0.2, 0) is 0 Å². The minimum absolute atomic E-state index is 1.28. The lowest BCUT2D eigenvalue weighted by Crippen LogP contribution is -2.41. The Balaban J connectivity index is 1.86. The topological polar surface area (TPSA) is 0 Å². The summed E-state index contributed by atoms with van der Waals surface area (Å²) in [4.78, 5) is 0. The van der Waals surface area contributed by atoms with Gasteiger partial charge in [-0.15, -0.1) is 0 Å². The highest BCUT2D eigenvalue weighted by molar-refractivity contribution is 5.33. The first-order valence-electron chi connectivity index (χ1n) is 5.97. The van der Waals surface area contributed by atoms with Crippen molar-refractivity contribution in [2.75, 3.05) is 0 Å². The van der Waals surface area contributed by atoms with E-state index in [1.54, 1.807) is 12.8 Å². The lowest BCUT2D eigenvalue weighted by molar-refractivity contribution is 0.0202. The molecule has 0 heteroatoms. The molecule has 0 spiro atoms. The normalized spacial score (nSPS) is 94.0. The molecule has 4 atom stereocenters. The first-order valence-corrected chi connectivity index (χ1v) is 5.97. The smallest absolute Gasteiger partial charge is 0.0315 e. The van der Waals surface area contributed by atoms with E-state index in [1.807, 2.05) is 0 Å². The van der Waals surface area contributed by atoms with Crippen molar-refractivity contribution < 1.29 is 0 Å². The zero-order valence-corrected chi connectivity index (χ0v) is 7.19. The molecule has 0 N–H and O–H groups in total. The van der Waals surface area contributed by atoms with Crippen molar-refractivity contribution in [1.29, 1.82) is 0 Å². The third-order valence-electron chi connectivity index (χ3n) is 7.27. The summed E-state index contributed by atoms with van der Waals surface area (Å²) in [5.74, 6) is 12.9. The lowest BCUT2D eigenvalue weighted by Gasteiger charge is -2.44. The van der Waals surface area contributed by atoms with E-state index in [0.717, 1.165) is 0 Å². The Morgan fingerprint density at radius 2 is 0.750 bits per heavy atom. The molecule has 4 unspecified atom stereocenters. The van der Waals surface area contributed by atoms with Gasteiger partial charge in [0, 0.05) is 0 Å². The van der Waals surface area contributed by atoms with E-state index in [0.29, 0.717) is 0 Å². The number of hydrogen-bond donors (Lipinski definition) is 0. The van der Waals surface area contributed by atoms with E-state index in [-0.39, 0.29) is 0 Å². The van der Waals surface area contributed by atoms with Gasteiger partial charge in [0.25, 0.3) is 0 Å². The van der Waals surface area contributed by atoms with Crippen LogP contribution in [0.25, 0.3) is 0 Å². The van der Waals surface area contributed by atoms with Crippen molar-refractivity contribution in [3.63, 3.8) is 0 Å². The van der Waals surface area contributed by atoms with Crippen molar-refractivity contribution in [1.82, 2.24) is 0 Å². The summed E-state index contributed by atoms with van der Waals surface area (Å²) in [6.45, 7) is 0. The van der Waals surface area contributed by atoms with Crippen molar-refractivity contribution >= 4 is 0 Å². The van der Waals surface area contributed by atoms with E-state index in [1.165, 1.54) is 59.2 Å². The Bertz CT molecular complexity index is 241. The molecule has 7 saturated carbocycles. The van der Waals surface area contributed by atoms with Gasteiger partial charge in [0.05, 0.1) is 0 Å². The highest BCUT2D eigenvalue weighted by Crippen LogP contribution is 2.90. The quantitative estimate of drug-likeness (QED) is 0.506. The second-order valence-corrected chi connectivity index (χ2v) is 6.59. The van der Waals surface area contributed by atoms with Crippen LogP contribution in [0.1, 0.15) is 12.8 Å². The summed E-state index contributed by atoms with van der Waals surface area (Å²) in [7, 11) is 0. The van der Waals surface area contributed by atoms with Gasteiger partial charge in [-0.25, -0.2) is 0 Å². The van der Waals surface area contributed by atoms with E-state index < -0.39 is 0 Å². The summed E-state index contributed by atoms with van der Waals surface area (Å²) < 4.78 is 0. The third kappa shape index (κ3) is 0.225.